The van der Waals surface area contributed by atoms with Crippen LogP contribution in [0.4, 0.5) is 5.69 Å². The third kappa shape index (κ3) is 2.86. The predicted octanol–water partition coefficient (Wildman–Crippen LogP) is 3.70. The number of benzene rings is 2. The Bertz CT molecular complexity index is 853. The Hall–Kier alpha value is -2.82. The van der Waals surface area contributed by atoms with Crippen LogP contribution in [0, 0.1) is 0 Å². The second-order valence-electron chi connectivity index (χ2n) is 7.38. The number of phenolic OH excluding ortho intramolecular Hbond substituents is 1. The van der Waals surface area contributed by atoms with Crippen LogP contribution in [0.15, 0.2) is 36.4 Å². The molecule has 5 nitrogen and oxygen atoms in total. The molecule has 1 unspecified atom stereocenters. The SMILES string of the molecule is CN1C(=O)c2ccccc2NC1c1cc(C=O)c(O)c(C(C)(C)C)c1. The largest absolute Gasteiger partial charge is 0.507 e. The van der Waals surface area contributed by atoms with Crippen LogP contribution in [0.3, 0.4) is 0 Å². The zero-order valence-corrected chi connectivity index (χ0v) is 14.8. The molecule has 2 aromatic rings. The Kier molecular flexibility index (Phi) is 4.03. The van der Waals surface area contributed by atoms with E-state index in [2.05, 4.69) is 5.32 Å². The van der Waals surface area contributed by atoms with Crippen LogP contribution in [0.2, 0.25) is 0 Å². The van der Waals surface area contributed by atoms with Crippen molar-refractivity contribution in [2.75, 3.05) is 12.4 Å². The van der Waals surface area contributed by atoms with E-state index in [-0.39, 0.29) is 22.6 Å². The van der Waals surface area contributed by atoms with Crippen molar-refractivity contribution in [1.82, 2.24) is 4.90 Å². The maximum atomic E-state index is 12.7. The summed E-state index contributed by atoms with van der Waals surface area (Å²) in [6, 6.07) is 10.8. The van der Waals surface area contributed by atoms with Crippen LogP contribution in [0.1, 0.15) is 58.8 Å². The quantitative estimate of drug-likeness (QED) is 0.819. The third-order valence-corrected chi connectivity index (χ3v) is 4.57. The van der Waals surface area contributed by atoms with Gasteiger partial charge < -0.3 is 15.3 Å². The molecule has 1 atom stereocenters. The molecule has 5 heteroatoms. The van der Waals surface area contributed by atoms with Crippen molar-refractivity contribution in [3.05, 3.63) is 58.7 Å². The molecule has 0 saturated heterocycles. The smallest absolute Gasteiger partial charge is 0.257 e. The summed E-state index contributed by atoms with van der Waals surface area (Å²) in [5.41, 5.74) is 2.69. The summed E-state index contributed by atoms with van der Waals surface area (Å²) in [4.78, 5) is 25.7. The van der Waals surface area contributed by atoms with Gasteiger partial charge in [0.25, 0.3) is 5.91 Å². The molecule has 1 aliphatic rings. The number of aldehydes is 1. The van der Waals surface area contributed by atoms with Crippen molar-refractivity contribution < 1.29 is 14.7 Å². The second-order valence-corrected chi connectivity index (χ2v) is 7.38. The first-order valence-electron chi connectivity index (χ1n) is 8.19. The fourth-order valence-corrected chi connectivity index (χ4v) is 3.15. The molecular formula is C20H22N2O3. The number of nitrogens with one attached hydrogen (secondary N) is 1. The average Bonchev–Trinajstić information content (AvgIpc) is 2.57. The van der Waals surface area contributed by atoms with E-state index in [0.717, 1.165) is 11.3 Å². The van der Waals surface area contributed by atoms with Crippen LogP contribution in [-0.4, -0.2) is 29.2 Å². The maximum absolute atomic E-state index is 12.7. The number of hydrogen-bond acceptors (Lipinski definition) is 4. The molecule has 2 N–H and O–H groups in total. The summed E-state index contributed by atoms with van der Waals surface area (Å²) in [5.74, 6) is -0.0891. The van der Waals surface area contributed by atoms with Crippen LogP contribution in [0.5, 0.6) is 5.75 Å². The van der Waals surface area contributed by atoms with Crippen molar-refractivity contribution in [2.45, 2.75) is 32.4 Å². The minimum Gasteiger partial charge on any atom is -0.507 e. The molecule has 0 aliphatic carbocycles. The normalized spacial score (nSPS) is 17.0. The van der Waals surface area contributed by atoms with E-state index in [1.807, 2.05) is 45.0 Å². The summed E-state index contributed by atoms with van der Waals surface area (Å²) in [7, 11) is 1.72. The van der Waals surface area contributed by atoms with Crippen LogP contribution in [0.25, 0.3) is 0 Å². The number of nitrogens with zero attached hydrogens (tertiary/aromatic N) is 1. The lowest BCUT2D eigenvalue weighted by atomic mass is 9.83. The van der Waals surface area contributed by atoms with Gasteiger partial charge in [0.1, 0.15) is 11.9 Å². The van der Waals surface area contributed by atoms with Crippen molar-refractivity contribution in [2.24, 2.45) is 0 Å². The highest BCUT2D eigenvalue weighted by atomic mass is 16.3. The first kappa shape index (κ1) is 17.0. The lowest BCUT2D eigenvalue weighted by Crippen LogP contribution is -2.40. The molecule has 0 spiro atoms. The summed E-state index contributed by atoms with van der Waals surface area (Å²) in [6.45, 7) is 5.91. The lowest BCUT2D eigenvalue weighted by molar-refractivity contribution is 0.0735. The molecule has 1 heterocycles. The molecule has 0 fully saturated rings. The monoisotopic (exact) mass is 338 g/mol. The van der Waals surface area contributed by atoms with Crippen molar-refractivity contribution in [1.29, 1.82) is 0 Å². The number of phenols is 1. The zero-order chi connectivity index (χ0) is 18.4. The van der Waals surface area contributed by atoms with Gasteiger partial charge >= 0.3 is 0 Å². The molecule has 1 aliphatic heterocycles. The fraction of sp³-hybridized carbons (Fsp3) is 0.300. The van der Waals surface area contributed by atoms with Crippen LogP contribution < -0.4 is 5.32 Å². The van der Waals surface area contributed by atoms with Crippen molar-refractivity contribution >= 4 is 17.9 Å². The van der Waals surface area contributed by atoms with Crippen molar-refractivity contribution in [3.8, 4) is 5.75 Å². The molecule has 0 saturated carbocycles. The van der Waals surface area contributed by atoms with E-state index in [0.29, 0.717) is 17.4 Å². The predicted molar refractivity (Wildman–Crippen MR) is 97.1 cm³/mol. The Morgan fingerprint density at radius 3 is 2.52 bits per heavy atom. The standard InChI is InChI=1S/C20H22N2O3/c1-20(2,3)15-10-12(9-13(11-23)17(15)24)18-21-16-8-6-5-7-14(16)19(25)22(18)4/h5-11,18,21,24H,1-4H3. The molecule has 3 rings (SSSR count). The summed E-state index contributed by atoms with van der Waals surface area (Å²) in [5, 5.41) is 13.7. The van der Waals surface area contributed by atoms with Crippen molar-refractivity contribution in [3.63, 3.8) is 0 Å². The molecule has 1 amide bonds. The first-order chi connectivity index (χ1) is 11.7. The zero-order valence-electron chi connectivity index (χ0n) is 14.8. The van der Waals surface area contributed by atoms with Gasteiger partial charge in [-0.3, -0.25) is 9.59 Å². The van der Waals surface area contributed by atoms with E-state index in [1.54, 1.807) is 24.1 Å². The van der Waals surface area contributed by atoms with Crippen LogP contribution in [-0.2, 0) is 5.41 Å². The highest BCUT2D eigenvalue weighted by Crippen LogP contribution is 2.38. The number of carbonyl (C=O) groups is 2. The molecule has 2 aromatic carbocycles. The third-order valence-electron chi connectivity index (χ3n) is 4.57. The summed E-state index contributed by atoms with van der Waals surface area (Å²) < 4.78 is 0. The molecule has 0 aromatic heterocycles. The summed E-state index contributed by atoms with van der Waals surface area (Å²) in [6.07, 6.45) is 0.231. The van der Waals surface area contributed by atoms with Gasteiger partial charge in [-0.25, -0.2) is 0 Å². The molecule has 0 bridgehead atoms. The first-order valence-corrected chi connectivity index (χ1v) is 8.19. The number of para-hydroxylation sites is 1. The molecular weight excluding hydrogens is 316 g/mol. The number of rotatable bonds is 2. The Labute approximate surface area is 147 Å². The molecule has 25 heavy (non-hydrogen) atoms. The van der Waals surface area contributed by atoms with Gasteiger partial charge in [0.15, 0.2) is 6.29 Å². The Balaban J connectivity index is 2.14. The fourth-order valence-electron chi connectivity index (χ4n) is 3.15. The van der Waals surface area contributed by atoms with Gasteiger partial charge in [0.2, 0.25) is 0 Å². The number of aromatic hydroxyl groups is 1. The molecule has 130 valence electrons. The van der Waals surface area contributed by atoms with E-state index < -0.39 is 6.17 Å². The second kappa shape index (κ2) is 5.92. The minimum absolute atomic E-state index is 0.00330. The number of anilines is 1. The van der Waals surface area contributed by atoms with Gasteiger partial charge in [-0.05, 0) is 35.2 Å². The number of amides is 1. The summed E-state index contributed by atoms with van der Waals surface area (Å²) >= 11 is 0. The molecule has 0 radical (unpaired) electrons. The van der Waals surface area contributed by atoms with Gasteiger partial charge in [0.05, 0.1) is 11.1 Å². The van der Waals surface area contributed by atoms with Gasteiger partial charge in [-0.2, -0.15) is 0 Å². The minimum atomic E-state index is -0.414. The topological polar surface area (TPSA) is 69.6 Å². The number of hydrogen-bond donors (Lipinski definition) is 2. The van der Waals surface area contributed by atoms with Crippen LogP contribution >= 0.6 is 0 Å². The Morgan fingerprint density at radius 1 is 1.20 bits per heavy atom. The maximum Gasteiger partial charge on any atom is 0.257 e. The van der Waals surface area contributed by atoms with E-state index in [1.165, 1.54) is 0 Å². The van der Waals surface area contributed by atoms with E-state index >= 15 is 0 Å². The number of carbonyl (C=O) groups excluding carboxylic acids is 2. The average molecular weight is 338 g/mol. The number of fused-ring (bicyclic) bond motifs is 1. The van der Waals surface area contributed by atoms with E-state index in [9.17, 15) is 14.7 Å². The van der Waals surface area contributed by atoms with E-state index in [4.69, 9.17) is 0 Å². The lowest BCUT2D eigenvalue weighted by Gasteiger charge is -2.36. The van der Waals surface area contributed by atoms with Gasteiger partial charge in [-0.15, -0.1) is 0 Å². The Morgan fingerprint density at radius 2 is 1.88 bits per heavy atom. The van der Waals surface area contributed by atoms with Gasteiger partial charge in [-0.1, -0.05) is 32.9 Å². The highest BCUT2D eigenvalue weighted by Gasteiger charge is 2.32. The highest BCUT2D eigenvalue weighted by molar-refractivity contribution is 6.01. The van der Waals surface area contributed by atoms with Gasteiger partial charge in [0, 0.05) is 18.3 Å².